The van der Waals surface area contributed by atoms with Gasteiger partial charge in [0.05, 0.1) is 0 Å². The minimum Gasteiger partial charge on any atom is -0.289 e. The molecule has 2 rings (SSSR count). The van der Waals surface area contributed by atoms with Crippen LogP contribution in [0, 0.1) is 3.57 Å². The summed E-state index contributed by atoms with van der Waals surface area (Å²) in [5.74, 6) is 0.166. The van der Waals surface area contributed by atoms with Gasteiger partial charge in [-0.1, -0.05) is 12.0 Å². The van der Waals surface area contributed by atoms with E-state index in [1.807, 2.05) is 19.1 Å². The van der Waals surface area contributed by atoms with Crippen LogP contribution in [-0.2, 0) is 6.54 Å². The summed E-state index contributed by atoms with van der Waals surface area (Å²) < 4.78 is 2.66. The molecule has 1 amide bonds. The third kappa shape index (κ3) is 3.03. The Morgan fingerprint density at radius 2 is 2.11 bits per heavy atom. The van der Waals surface area contributed by atoms with Crippen LogP contribution in [-0.4, -0.2) is 26.1 Å². The fourth-order valence-corrected chi connectivity index (χ4v) is 1.79. The number of benzene rings is 1. The monoisotopic (exact) mass is 357 g/mol. The van der Waals surface area contributed by atoms with Gasteiger partial charge in [0.15, 0.2) is 0 Å². The standard InChI is InChI=1S/C11H12IN5O/c1-2-7-17-11(14-15-16-17)13-10(18)8-3-5-9(12)6-4-8/h3-6H,2,7H2,1H3,(H,13,14,16,18). The van der Waals surface area contributed by atoms with E-state index in [9.17, 15) is 4.79 Å². The molecule has 0 atom stereocenters. The number of aryl methyl sites for hydroxylation is 1. The summed E-state index contributed by atoms with van der Waals surface area (Å²) in [5.41, 5.74) is 0.585. The molecule has 1 heterocycles. The van der Waals surface area contributed by atoms with E-state index in [-0.39, 0.29) is 5.91 Å². The van der Waals surface area contributed by atoms with Crippen molar-refractivity contribution >= 4 is 34.4 Å². The Morgan fingerprint density at radius 1 is 1.39 bits per heavy atom. The lowest BCUT2D eigenvalue weighted by atomic mass is 10.2. The van der Waals surface area contributed by atoms with Crippen molar-refractivity contribution in [2.75, 3.05) is 5.32 Å². The molecule has 0 saturated carbocycles. The third-order valence-electron chi connectivity index (χ3n) is 2.30. The predicted molar refractivity (Wildman–Crippen MR) is 75.2 cm³/mol. The number of aromatic nitrogens is 4. The average molecular weight is 357 g/mol. The first-order chi connectivity index (χ1) is 8.70. The summed E-state index contributed by atoms with van der Waals surface area (Å²) in [5, 5.41) is 13.8. The van der Waals surface area contributed by atoms with Gasteiger partial charge in [-0.2, -0.15) is 0 Å². The molecule has 0 saturated heterocycles. The van der Waals surface area contributed by atoms with Crippen molar-refractivity contribution in [2.45, 2.75) is 19.9 Å². The maximum atomic E-state index is 12.0. The molecule has 1 N–H and O–H groups in total. The van der Waals surface area contributed by atoms with E-state index in [1.165, 1.54) is 0 Å². The highest BCUT2D eigenvalue weighted by atomic mass is 127. The first kappa shape index (κ1) is 12.9. The van der Waals surface area contributed by atoms with Gasteiger partial charge in [-0.15, -0.1) is 0 Å². The van der Waals surface area contributed by atoms with Gasteiger partial charge in [-0.05, 0) is 63.7 Å². The number of carbonyl (C=O) groups is 1. The van der Waals surface area contributed by atoms with Crippen molar-refractivity contribution in [1.29, 1.82) is 0 Å². The Kier molecular flexibility index (Phi) is 4.24. The number of hydrogen-bond acceptors (Lipinski definition) is 4. The number of hydrogen-bond donors (Lipinski definition) is 1. The first-order valence-electron chi connectivity index (χ1n) is 5.54. The van der Waals surface area contributed by atoms with Crippen LogP contribution < -0.4 is 5.32 Å². The van der Waals surface area contributed by atoms with E-state index in [0.29, 0.717) is 18.1 Å². The van der Waals surface area contributed by atoms with Gasteiger partial charge in [0, 0.05) is 15.7 Å². The van der Waals surface area contributed by atoms with Crippen molar-refractivity contribution in [3.63, 3.8) is 0 Å². The van der Waals surface area contributed by atoms with Crippen LogP contribution in [0.4, 0.5) is 5.95 Å². The molecule has 2 aromatic rings. The zero-order chi connectivity index (χ0) is 13.0. The van der Waals surface area contributed by atoms with Crippen LogP contribution in [0.5, 0.6) is 0 Å². The number of rotatable bonds is 4. The van der Waals surface area contributed by atoms with E-state index in [0.717, 1.165) is 9.99 Å². The molecule has 1 aromatic carbocycles. The Bertz CT molecular complexity index is 537. The van der Waals surface area contributed by atoms with Crippen molar-refractivity contribution < 1.29 is 4.79 Å². The SMILES string of the molecule is CCCn1nnnc1NC(=O)c1ccc(I)cc1. The van der Waals surface area contributed by atoms with Crippen molar-refractivity contribution in [3.8, 4) is 0 Å². The topological polar surface area (TPSA) is 72.7 Å². The Hall–Kier alpha value is -1.51. The van der Waals surface area contributed by atoms with Crippen LogP contribution >= 0.6 is 22.6 Å². The quantitative estimate of drug-likeness (QED) is 0.849. The summed E-state index contributed by atoms with van der Waals surface area (Å²) in [6.07, 6.45) is 0.900. The Balaban J connectivity index is 2.11. The van der Waals surface area contributed by atoms with E-state index < -0.39 is 0 Å². The van der Waals surface area contributed by atoms with Crippen LogP contribution in [0.2, 0.25) is 0 Å². The van der Waals surface area contributed by atoms with Crippen molar-refractivity contribution in [1.82, 2.24) is 20.2 Å². The summed E-state index contributed by atoms with van der Waals surface area (Å²) in [7, 11) is 0. The maximum Gasteiger partial charge on any atom is 0.258 e. The molecule has 0 bridgehead atoms. The van der Waals surface area contributed by atoms with E-state index in [1.54, 1.807) is 16.8 Å². The first-order valence-corrected chi connectivity index (χ1v) is 6.61. The minimum atomic E-state index is -0.210. The lowest BCUT2D eigenvalue weighted by Crippen LogP contribution is -2.16. The van der Waals surface area contributed by atoms with Gasteiger partial charge in [0.25, 0.3) is 5.91 Å². The summed E-state index contributed by atoms with van der Waals surface area (Å²) in [6, 6.07) is 7.30. The number of halogens is 1. The summed E-state index contributed by atoms with van der Waals surface area (Å²) in [6.45, 7) is 2.70. The minimum absolute atomic E-state index is 0.210. The van der Waals surface area contributed by atoms with Gasteiger partial charge >= 0.3 is 0 Å². The molecule has 1 aromatic heterocycles. The normalized spacial score (nSPS) is 10.3. The summed E-state index contributed by atoms with van der Waals surface area (Å²) in [4.78, 5) is 12.0. The maximum absolute atomic E-state index is 12.0. The zero-order valence-corrected chi connectivity index (χ0v) is 12.0. The van der Waals surface area contributed by atoms with Crippen LogP contribution in [0.25, 0.3) is 0 Å². The van der Waals surface area contributed by atoms with Gasteiger partial charge < -0.3 is 0 Å². The largest absolute Gasteiger partial charge is 0.289 e. The van der Waals surface area contributed by atoms with Crippen LogP contribution in [0.1, 0.15) is 23.7 Å². The third-order valence-corrected chi connectivity index (χ3v) is 3.02. The molecule has 0 unspecified atom stereocenters. The molecule has 0 aliphatic rings. The number of carbonyl (C=O) groups excluding carboxylic acids is 1. The number of amides is 1. The van der Waals surface area contributed by atoms with Gasteiger partial charge in [0.2, 0.25) is 5.95 Å². The van der Waals surface area contributed by atoms with E-state index >= 15 is 0 Å². The molecule has 0 fully saturated rings. The van der Waals surface area contributed by atoms with Crippen molar-refractivity contribution in [2.24, 2.45) is 0 Å². The highest BCUT2D eigenvalue weighted by molar-refractivity contribution is 14.1. The second kappa shape index (κ2) is 5.89. The molecule has 18 heavy (non-hydrogen) atoms. The molecule has 0 aliphatic carbocycles. The highest BCUT2D eigenvalue weighted by Crippen LogP contribution is 2.09. The number of nitrogens with zero attached hydrogens (tertiary/aromatic N) is 4. The number of nitrogens with one attached hydrogen (secondary N) is 1. The number of anilines is 1. The fraction of sp³-hybridized carbons (Fsp3) is 0.273. The lowest BCUT2D eigenvalue weighted by molar-refractivity contribution is 0.102. The van der Waals surface area contributed by atoms with Gasteiger partial charge in [-0.25, -0.2) is 4.68 Å². The number of tetrazole rings is 1. The molecule has 0 aliphatic heterocycles. The molecule has 94 valence electrons. The van der Waals surface area contributed by atoms with Gasteiger partial charge in [0.1, 0.15) is 0 Å². The van der Waals surface area contributed by atoms with E-state index in [4.69, 9.17) is 0 Å². The second-order valence-corrected chi connectivity index (χ2v) is 4.93. The molecular formula is C11H12IN5O. The molecule has 0 radical (unpaired) electrons. The Labute approximate surface area is 118 Å². The van der Waals surface area contributed by atoms with Gasteiger partial charge in [-0.3, -0.25) is 10.1 Å². The molecule has 6 nitrogen and oxygen atoms in total. The fourth-order valence-electron chi connectivity index (χ4n) is 1.43. The lowest BCUT2D eigenvalue weighted by Gasteiger charge is -2.05. The van der Waals surface area contributed by atoms with Crippen molar-refractivity contribution in [3.05, 3.63) is 33.4 Å². The van der Waals surface area contributed by atoms with Crippen LogP contribution in [0.3, 0.4) is 0 Å². The second-order valence-electron chi connectivity index (χ2n) is 3.69. The smallest absolute Gasteiger partial charge is 0.258 e. The summed E-state index contributed by atoms with van der Waals surface area (Å²) >= 11 is 2.19. The molecule has 7 heteroatoms. The Morgan fingerprint density at radius 3 is 2.78 bits per heavy atom. The highest BCUT2D eigenvalue weighted by Gasteiger charge is 2.11. The van der Waals surface area contributed by atoms with Crippen LogP contribution in [0.15, 0.2) is 24.3 Å². The van der Waals surface area contributed by atoms with E-state index in [2.05, 4.69) is 43.4 Å². The predicted octanol–water partition coefficient (Wildman–Crippen LogP) is 1.94. The zero-order valence-electron chi connectivity index (χ0n) is 9.80. The molecule has 0 spiro atoms. The average Bonchev–Trinajstić information content (AvgIpc) is 2.78. The molecular weight excluding hydrogens is 345 g/mol.